The summed E-state index contributed by atoms with van der Waals surface area (Å²) >= 11 is 0. The van der Waals surface area contributed by atoms with Crippen LogP contribution in [0.25, 0.3) is 0 Å². The number of rotatable bonds is 3. The number of hydrogen-bond donors (Lipinski definition) is 0. The van der Waals surface area contributed by atoms with Crippen molar-refractivity contribution in [3.8, 4) is 0 Å². The standard InChI is InChI=1S/C18H19F2NO2S/c1-18(13-3-8-16(19)17(20)11-13)9-10-21(12-18)14-4-6-15(7-5-14)24(2,22)23/h3-8,11H,9-10,12H2,1-2H3. The molecule has 0 N–H and O–H groups in total. The minimum Gasteiger partial charge on any atom is -0.371 e. The first-order valence-corrected chi connectivity index (χ1v) is 9.59. The van der Waals surface area contributed by atoms with Crippen molar-refractivity contribution in [2.45, 2.75) is 23.7 Å². The molecule has 0 spiro atoms. The lowest BCUT2D eigenvalue weighted by atomic mass is 9.82. The van der Waals surface area contributed by atoms with Crippen molar-refractivity contribution in [1.82, 2.24) is 0 Å². The highest BCUT2D eigenvalue weighted by molar-refractivity contribution is 7.90. The van der Waals surface area contributed by atoms with Crippen LogP contribution in [0.3, 0.4) is 0 Å². The van der Waals surface area contributed by atoms with Gasteiger partial charge in [-0.2, -0.15) is 0 Å². The summed E-state index contributed by atoms with van der Waals surface area (Å²) in [5, 5.41) is 0. The van der Waals surface area contributed by atoms with Crippen molar-refractivity contribution in [1.29, 1.82) is 0 Å². The molecule has 0 bridgehead atoms. The first-order valence-electron chi connectivity index (χ1n) is 7.70. The summed E-state index contributed by atoms with van der Waals surface area (Å²) in [6, 6.07) is 10.8. The molecule has 1 unspecified atom stereocenters. The Bertz CT molecular complexity index is 865. The maximum atomic E-state index is 13.5. The molecule has 2 aromatic rings. The minimum atomic E-state index is -3.21. The molecule has 0 saturated carbocycles. The van der Waals surface area contributed by atoms with E-state index in [1.807, 2.05) is 6.92 Å². The topological polar surface area (TPSA) is 37.4 Å². The molecule has 1 aliphatic heterocycles. The van der Waals surface area contributed by atoms with Crippen LogP contribution in [0.2, 0.25) is 0 Å². The van der Waals surface area contributed by atoms with Gasteiger partial charge in [0, 0.05) is 30.4 Å². The second kappa shape index (κ2) is 5.84. The van der Waals surface area contributed by atoms with E-state index in [1.165, 1.54) is 18.4 Å². The van der Waals surface area contributed by atoms with Crippen LogP contribution in [0, 0.1) is 11.6 Å². The molecule has 1 heterocycles. The van der Waals surface area contributed by atoms with Gasteiger partial charge < -0.3 is 4.90 Å². The zero-order valence-electron chi connectivity index (χ0n) is 13.6. The van der Waals surface area contributed by atoms with Crippen LogP contribution in [-0.4, -0.2) is 27.8 Å². The Kier molecular flexibility index (Phi) is 4.11. The van der Waals surface area contributed by atoms with Crippen LogP contribution in [0.1, 0.15) is 18.9 Å². The highest BCUT2D eigenvalue weighted by Crippen LogP contribution is 2.37. The Morgan fingerprint density at radius 2 is 1.71 bits per heavy atom. The van der Waals surface area contributed by atoms with Crippen LogP contribution >= 0.6 is 0 Å². The van der Waals surface area contributed by atoms with Crippen molar-refractivity contribution >= 4 is 15.5 Å². The van der Waals surface area contributed by atoms with Crippen molar-refractivity contribution < 1.29 is 17.2 Å². The fraction of sp³-hybridized carbons (Fsp3) is 0.333. The van der Waals surface area contributed by atoms with E-state index < -0.39 is 21.5 Å². The quantitative estimate of drug-likeness (QED) is 0.849. The molecule has 3 nitrogen and oxygen atoms in total. The van der Waals surface area contributed by atoms with Gasteiger partial charge in [0.05, 0.1) is 4.90 Å². The summed E-state index contributed by atoms with van der Waals surface area (Å²) < 4.78 is 49.8. The molecule has 2 aromatic carbocycles. The van der Waals surface area contributed by atoms with Crippen LogP contribution < -0.4 is 4.90 Å². The summed E-state index contributed by atoms with van der Waals surface area (Å²) in [5.41, 5.74) is 1.43. The van der Waals surface area contributed by atoms with Crippen molar-refractivity contribution in [2.75, 3.05) is 24.2 Å². The second-order valence-corrected chi connectivity index (χ2v) is 8.64. The Morgan fingerprint density at radius 3 is 2.29 bits per heavy atom. The molecule has 0 aromatic heterocycles. The van der Waals surface area contributed by atoms with E-state index in [0.29, 0.717) is 6.54 Å². The zero-order chi connectivity index (χ0) is 17.5. The van der Waals surface area contributed by atoms with Gasteiger partial charge in [-0.25, -0.2) is 17.2 Å². The normalized spacial score (nSPS) is 21.2. The monoisotopic (exact) mass is 351 g/mol. The fourth-order valence-corrected chi connectivity index (χ4v) is 3.82. The second-order valence-electron chi connectivity index (χ2n) is 6.63. The first kappa shape index (κ1) is 16.9. The molecule has 0 amide bonds. The maximum absolute atomic E-state index is 13.5. The van der Waals surface area contributed by atoms with E-state index in [2.05, 4.69) is 4.90 Å². The van der Waals surface area contributed by atoms with E-state index in [9.17, 15) is 17.2 Å². The van der Waals surface area contributed by atoms with Crippen molar-refractivity contribution in [3.63, 3.8) is 0 Å². The van der Waals surface area contributed by atoms with Gasteiger partial charge in [-0.05, 0) is 48.4 Å². The van der Waals surface area contributed by atoms with Crippen molar-refractivity contribution in [2.24, 2.45) is 0 Å². The zero-order valence-corrected chi connectivity index (χ0v) is 14.4. The molecule has 1 fully saturated rings. The Morgan fingerprint density at radius 1 is 1.04 bits per heavy atom. The minimum absolute atomic E-state index is 0.274. The molecule has 24 heavy (non-hydrogen) atoms. The summed E-state index contributed by atoms with van der Waals surface area (Å²) in [6.45, 7) is 3.47. The summed E-state index contributed by atoms with van der Waals surface area (Å²) in [5.74, 6) is -1.67. The predicted molar refractivity (Wildman–Crippen MR) is 90.1 cm³/mol. The van der Waals surface area contributed by atoms with Gasteiger partial charge in [0.2, 0.25) is 0 Å². The lowest BCUT2D eigenvalue weighted by Gasteiger charge is -2.26. The van der Waals surface area contributed by atoms with Gasteiger partial charge in [0.25, 0.3) is 0 Å². The molecule has 128 valence electrons. The van der Waals surface area contributed by atoms with Crippen LogP contribution in [0.4, 0.5) is 14.5 Å². The number of halogens is 2. The SMILES string of the molecule is CC1(c2ccc(F)c(F)c2)CCN(c2ccc(S(C)(=O)=O)cc2)C1. The maximum Gasteiger partial charge on any atom is 0.175 e. The summed E-state index contributed by atoms with van der Waals surface area (Å²) in [6.07, 6.45) is 1.99. The van der Waals surface area contributed by atoms with E-state index in [1.54, 1.807) is 30.3 Å². The van der Waals surface area contributed by atoms with Gasteiger partial charge >= 0.3 is 0 Å². The largest absolute Gasteiger partial charge is 0.371 e. The molecule has 1 aliphatic rings. The van der Waals surface area contributed by atoms with Gasteiger partial charge in [0.1, 0.15) is 0 Å². The average Bonchev–Trinajstić information content (AvgIpc) is 2.93. The van der Waals surface area contributed by atoms with Gasteiger partial charge in [-0.15, -0.1) is 0 Å². The van der Waals surface area contributed by atoms with E-state index in [4.69, 9.17) is 0 Å². The van der Waals surface area contributed by atoms with Crippen molar-refractivity contribution in [3.05, 3.63) is 59.7 Å². The number of sulfone groups is 1. The molecule has 1 atom stereocenters. The lowest BCUT2D eigenvalue weighted by molar-refractivity contribution is 0.489. The number of anilines is 1. The lowest BCUT2D eigenvalue weighted by Crippen LogP contribution is -2.28. The first-order chi connectivity index (χ1) is 11.2. The molecule has 0 aliphatic carbocycles. The van der Waals surface area contributed by atoms with E-state index >= 15 is 0 Å². The van der Waals surface area contributed by atoms with Gasteiger partial charge in [-0.1, -0.05) is 13.0 Å². The molecular formula is C18H19F2NO2S. The van der Waals surface area contributed by atoms with E-state index in [-0.39, 0.29) is 10.3 Å². The fourth-order valence-electron chi connectivity index (χ4n) is 3.19. The Labute approximate surface area is 140 Å². The highest BCUT2D eigenvalue weighted by Gasteiger charge is 2.36. The molecule has 0 radical (unpaired) electrons. The molecular weight excluding hydrogens is 332 g/mol. The number of nitrogens with zero attached hydrogens (tertiary/aromatic N) is 1. The number of hydrogen-bond acceptors (Lipinski definition) is 3. The predicted octanol–water partition coefficient (Wildman–Crippen LogP) is 3.54. The average molecular weight is 351 g/mol. The van der Waals surface area contributed by atoms with Crippen LogP contribution in [0.15, 0.2) is 47.4 Å². The third kappa shape index (κ3) is 3.15. The third-order valence-electron chi connectivity index (χ3n) is 4.72. The Balaban J connectivity index is 1.83. The molecule has 6 heteroatoms. The number of benzene rings is 2. The van der Waals surface area contributed by atoms with Crippen LogP contribution in [-0.2, 0) is 15.3 Å². The van der Waals surface area contributed by atoms with Gasteiger partial charge in [-0.3, -0.25) is 0 Å². The van der Waals surface area contributed by atoms with E-state index in [0.717, 1.165) is 24.2 Å². The summed E-state index contributed by atoms with van der Waals surface area (Å²) in [4.78, 5) is 2.42. The summed E-state index contributed by atoms with van der Waals surface area (Å²) in [7, 11) is -3.21. The Hall–Kier alpha value is -1.95. The van der Waals surface area contributed by atoms with Crippen LogP contribution in [0.5, 0.6) is 0 Å². The third-order valence-corrected chi connectivity index (χ3v) is 5.85. The highest BCUT2D eigenvalue weighted by atomic mass is 32.2. The molecule has 3 rings (SSSR count). The molecule has 1 saturated heterocycles. The van der Waals surface area contributed by atoms with Gasteiger partial charge in [0.15, 0.2) is 21.5 Å². The smallest absolute Gasteiger partial charge is 0.175 e.